The Balaban J connectivity index is 1.72. The predicted octanol–water partition coefficient (Wildman–Crippen LogP) is 4.21. The van der Waals surface area contributed by atoms with Gasteiger partial charge in [0.15, 0.2) is 0 Å². The Morgan fingerprint density at radius 1 is 0.964 bits per heavy atom. The molecule has 5 nitrogen and oxygen atoms in total. The standard InChI is InChI=1S/C20H16ClFN2O3S/c21-16-6-10-18(11-7-16)24-28(26,27)19-3-1-2-15(12-19)20(25)23-13-14-4-8-17(22)9-5-14/h1-12,24H,13H2,(H,23,25). The molecule has 0 aliphatic heterocycles. The summed E-state index contributed by atoms with van der Waals surface area (Å²) in [5, 5.41) is 3.17. The molecule has 2 N–H and O–H groups in total. The molecule has 3 aromatic carbocycles. The third-order valence-corrected chi connectivity index (χ3v) is 5.50. The van der Waals surface area contributed by atoms with Crippen molar-refractivity contribution < 1.29 is 17.6 Å². The summed E-state index contributed by atoms with van der Waals surface area (Å²) in [5.74, 6) is -0.797. The number of sulfonamides is 1. The number of hydrogen-bond acceptors (Lipinski definition) is 3. The minimum atomic E-state index is -3.87. The zero-order valence-corrected chi connectivity index (χ0v) is 16.1. The van der Waals surface area contributed by atoms with Crippen LogP contribution in [0.15, 0.2) is 77.7 Å². The fourth-order valence-corrected chi connectivity index (χ4v) is 3.65. The molecule has 3 rings (SSSR count). The van der Waals surface area contributed by atoms with Crippen LogP contribution in [0, 0.1) is 5.82 Å². The summed E-state index contributed by atoms with van der Waals surface area (Å²) in [7, 11) is -3.87. The molecule has 0 aliphatic carbocycles. The number of anilines is 1. The van der Waals surface area contributed by atoms with Crippen LogP contribution in [-0.4, -0.2) is 14.3 Å². The van der Waals surface area contributed by atoms with E-state index in [1.54, 1.807) is 36.4 Å². The van der Waals surface area contributed by atoms with Crippen molar-refractivity contribution in [2.75, 3.05) is 4.72 Å². The van der Waals surface area contributed by atoms with E-state index in [1.807, 2.05) is 0 Å². The molecule has 0 aromatic heterocycles. The van der Waals surface area contributed by atoms with Gasteiger partial charge in [0.1, 0.15) is 5.82 Å². The van der Waals surface area contributed by atoms with Crippen molar-refractivity contribution in [1.29, 1.82) is 0 Å². The lowest BCUT2D eigenvalue weighted by atomic mass is 10.2. The van der Waals surface area contributed by atoms with Crippen LogP contribution in [0.2, 0.25) is 5.02 Å². The van der Waals surface area contributed by atoms with E-state index < -0.39 is 15.9 Å². The monoisotopic (exact) mass is 418 g/mol. The first kappa shape index (κ1) is 19.9. The zero-order chi connectivity index (χ0) is 20.1. The summed E-state index contributed by atoms with van der Waals surface area (Å²) in [6.07, 6.45) is 0. The quantitative estimate of drug-likeness (QED) is 0.629. The van der Waals surface area contributed by atoms with E-state index >= 15 is 0 Å². The summed E-state index contributed by atoms with van der Waals surface area (Å²) in [6, 6.07) is 17.6. The average molecular weight is 419 g/mol. The molecule has 0 heterocycles. The topological polar surface area (TPSA) is 75.3 Å². The Hall–Kier alpha value is -2.90. The van der Waals surface area contributed by atoms with Gasteiger partial charge in [0, 0.05) is 22.8 Å². The lowest BCUT2D eigenvalue weighted by molar-refractivity contribution is 0.0950. The molecule has 3 aromatic rings. The smallest absolute Gasteiger partial charge is 0.261 e. The van der Waals surface area contributed by atoms with Crippen molar-refractivity contribution in [3.63, 3.8) is 0 Å². The van der Waals surface area contributed by atoms with Crippen LogP contribution in [0.4, 0.5) is 10.1 Å². The Kier molecular flexibility index (Phi) is 5.96. The lowest BCUT2D eigenvalue weighted by Crippen LogP contribution is -2.23. The van der Waals surface area contributed by atoms with Gasteiger partial charge < -0.3 is 5.32 Å². The average Bonchev–Trinajstić information content (AvgIpc) is 2.69. The number of carbonyl (C=O) groups is 1. The molecule has 0 saturated heterocycles. The van der Waals surface area contributed by atoms with E-state index in [2.05, 4.69) is 10.0 Å². The Morgan fingerprint density at radius 2 is 1.64 bits per heavy atom. The van der Waals surface area contributed by atoms with E-state index in [9.17, 15) is 17.6 Å². The van der Waals surface area contributed by atoms with Crippen LogP contribution in [0.1, 0.15) is 15.9 Å². The van der Waals surface area contributed by atoms with Crippen LogP contribution < -0.4 is 10.0 Å². The second-order valence-corrected chi connectivity index (χ2v) is 8.07. The van der Waals surface area contributed by atoms with Gasteiger partial charge in [-0.05, 0) is 60.2 Å². The Labute approximate surface area is 167 Å². The number of nitrogens with one attached hydrogen (secondary N) is 2. The number of halogens is 2. The van der Waals surface area contributed by atoms with Gasteiger partial charge in [-0.15, -0.1) is 0 Å². The SMILES string of the molecule is O=C(NCc1ccc(F)cc1)c1cccc(S(=O)(=O)Nc2ccc(Cl)cc2)c1. The zero-order valence-electron chi connectivity index (χ0n) is 14.5. The second-order valence-electron chi connectivity index (χ2n) is 5.95. The van der Waals surface area contributed by atoms with Crippen LogP contribution in [0.3, 0.4) is 0 Å². The normalized spacial score (nSPS) is 11.1. The molecule has 0 spiro atoms. The first-order chi connectivity index (χ1) is 13.3. The number of benzene rings is 3. The Bertz CT molecular complexity index is 1090. The minimum Gasteiger partial charge on any atom is -0.348 e. The van der Waals surface area contributed by atoms with E-state index in [0.717, 1.165) is 5.56 Å². The Morgan fingerprint density at radius 3 is 2.32 bits per heavy atom. The number of carbonyl (C=O) groups excluding carboxylic acids is 1. The van der Waals surface area contributed by atoms with Gasteiger partial charge in [-0.2, -0.15) is 0 Å². The minimum absolute atomic E-state index is 0.0446. The highest BCUT2D eigenvalue weighted by Crippen LogP contribution is 2.19. The third-order valence-electron chi connectivity index (χ3n) is 3.87. The number of amides is 1. The van der Waals surface area contributed by atoms with E-state index in [1.165, 1.54) is 36.4 Å². The fraction of sp³-hybridized carbons (Fsp3) is 0.0500. The molecule has 28 heavy (non-hydrogen) atoms. The highest BCUT2D eigenvalue weighted by Gasteiger charge is 2.16. The van der Waals surface area contributed by atoms with E-state index in [0.29, 0.717) is 10.7 Å². The van der Waals surface area contributed by atoms with E-state index in [-0.39, 0.29) is 22.8 Å². The molecule has 0 atom stereocenters. The van der Waals surface area contributed by atoms with Crippen molar-refractivity contribution in [3.05, 3.63) is 94.8 Å². The van der Waals surface area contributed by atoms with E-state index in [4.69, 9.17) is 11.6 Å². The highest BCUT2D eigenvalue weighted by molar-refractivity contribution is 7.92. The van der Waals surface area contributed by atoms with Crippen molar-refractivity contribution in [3.8, 4) is 0 Å². The summed E-state index contributed by atoms with van der Waals surface area (Å²) in [5.41, 5.74) is 1.28. The molecule has 0 radical (unpaired) electrons. The number of hydrogen-bond donors (Lipinski definition) is 2. The van der Waals surface area contributed by atoms with Crippen molar-refractivity contribution >= 4 is 33.2 Å². The van der Waals surface area contributed by atoms with Gasteiger partial charge >= 0.3 is 0 Å². The van der Waals surface area contributed by atoms with Crippen molar-refractivity contribution in [2.45, 2.75) is 11.4 Å². The summed E-state index contributed by atoms with van der Waals surface area (Å²) in [6.45, 7) is 0.194. The lowest BCUT2D eigenvalue weighted by Gasteiger charge is -2.10. The van der Waals surface area contributed by atoms with Crippen LogP contribution in [0.5, 0.6) is 0 Å². The molecule has 0 aliphatic rings. The molecule has 144 valence electrons. The van der Waals surface area contributed by atoms with Crippen molar-refractivity contribution in [1.82, 2.24) is 5.32 Å². The second kappa shape index (κ2) is 8.41. The van der Waals surface area contributed by atoms with Gasteiger partial charge in [-0.1, -0.05) is 29.8 Å². The molecular weight excluding hydrogens is 403 g/mol. The molecule has 1 amide bonds. The molecular formula is C20H16ClFN2O3S. The van der Waals surface area contributed by atoms with Gasteiger partial charge in [-0.25, -0.2) is 12.8 Å². The van der Waals surface area contributed by atoms with Gasteiger partial charge in [-0.3, -0.25) is 9.52 Å². The van der Waals surface area contributed by atoms with Crippen molar-refractivity contribution in [2.24, 2.45) is 0 Å². The first-order valence-corrected chi connectivity index (χ1v) is 10.1. The van der Waals surface area contributed by atoms with Crippen LogP contribution in [0.25, 0.3) is 0 Å². The van der Waals surface area contributed by atoms with Gasteiger partial charge in [0.25, 0.3) is 15.9 Å². The summed E-state index contributed by atoms with van der Waals surface area (Å²) in [4.78, 5) is 12.3. The summed E-state index contributed by atoms with van der Waals surface area (Å²) < 4.78 is 40.5. The maximum Gasteiger partial charge on any atom is 0.261 e. The van der Waals surface area contributed by atoms with Gasteiger partial charge in [0.2, 0.25) is 0 Å². The van der Waals surface area contributed by atoms with Gasteiger partial charge in [0.05, 0.1) is 4.90 Å². The predicted molar refractivity (Wildman–Crippen MR) is 106 cm³/mol. The highest BCUT2D eigenvalue weighted by atomic mass is 35.5. The molecule has 8 heteroatoms. The molecule has 0 unspecified atom stereocenters. The fourth-order valence-electron chi connectivity index (χ4n) is 2.42. The first-order valence-electron chi connectivity index (χ1n) is 8.24. The van der Waals surface area contributed by atoms with Crippen LogP contribution >= 0.6 is 11.6 Å². The third kappa shape index (κ3) is 5.09. The molecule has 0 bridgehead atoms. The maximum absolute atomic E-state index is 12.9. The number of rotatable bonds is 6. The molecule has 0 fully saturated rings. The van der Waals surface area contributed by atoms with Crippen LogP contribution in [-0.2, 0) is 16.6 Å². The maximum atomic E-state index is 12.9. The largest absolute Gasteiger partial charge is 0.348 e. The summed E-state index contributed by atoms with van der Waals surface area (Å²) >= 11 is 5.80. The molecule has 0 saturated carbocycles.